The zero-order valence-electron chi connectivity index (χ0n) is 9.20. The lowest BCUT2D eigenvalue weighted by atomic mass is 10.3. The van der Waals surface area contributed by atoms with E-state index in [4.69, 9.17) is 10.5 Å². The molecule has 0 radical (unpaired) electrons. The van der Waals surface area contributed by atoms with Crippen LogP contribution in [0.15, 0.2) is 34.1 Å². The number of rotatable bonds is 6. The molecular weight excluding hydrogens is 254 g/mol. The molecule has 0 amide bonds. The van der Waals surface area contributed by atoms with Crippen molar-refractivity contribution >= 4 is 28.8 Å². The monoisotopic (exact) mass is 267 g/mol. The van der Waals surface area contributed by atoms with Crippen molar-refractivity contribution in [1.82, 2.24) is 10.2 Å². The van der Waals surface area contributed by atoms with Crippen LogP contribution < -0.4 is 10.5 Å². The second-order valence-corrected chi connectivity index (χ2v) is 5.50. The predicted octanol–water partition coefficient (Wildman–Crippen LogP) is 2.68. The Morgan fingerprint density at radius 2 is 2.35 bits per heavy atom. The average molecular weight is 267 g/mol. The van der Waals surface area contributed by atoms with Crippen LogP contribution in [0.25, 0.3) is 0 Å². The zero-order chi connectivity index (χ0) is 11.9. The first kappa shape index (κ1) is 12.2. The summed E-state index contributed by atoms with van der Waals surface area (Å²) in [6, 6.07) is 7.48. The third kappa shape index (κ3) is 4.24. The van der Waals surface area contributed by atoms with Gasteiger partial charge in [-0.1, -0.05) is 29.2 Å². The number of thioether (sulfide) groups is 1. The Bertz CT molecular complexity index is 448. The fraction of sp³-hybridized carbons (Fsp3) is 0.273. The Hall–Kier alpha value is -1.27. The maximum Gasteiger partial charge on any atom is 0.174 e. The highest BCUT2D eigenvalue weighted by atomic mass is 32.2. The summed E-state index contributed by atoms with van der Waals surface area (Å²) in [6.07, 6.45) is 0.971. The summed E-state index contributed by atoms with van der Waals surface area (Å²) in [4.78, 5) is 0. The van der Waals surface area contributed by atoms with Crippen LogP contribution >= 0.6 is 23.1 Å². The van der Waals surface area contributed by atoms with Crippen molar-refractivity contribution in [3.05, 3.63) is 29.8 Å². The summed E-state index contributed by atoms with van der Waals surface area (Å²) in [5, 5.41) is 7.74. The number of nitrogen functional groups attached to an aromatic ring is 1. The lowest BCUT2D eigenvalue weighted by Crippen LogP contribution is -1.99. The van der Waals surface area contributed by atoms with Crippen LogP contribution in [0.1, 0.15) is 6.42 Å². The van der Waals surface area contributed by atoms with Gasteiger partial charge in [0.05, 0.1) is 6.61 Å². The quantitative estimate of drug-likeness (QED) is 0.495. The molecule has 17 heavy (non-hydrogen) atoms. The molecule has 2 rings (SSSR count). The van der Waals surface area contributed by atoms with Gasteiger partial charge in [-0.3, -0.25) is 0 Å². The first-order chi connectivity index (χ1) is 8.34. The highest BCUT2D eigenvalue weighted by molar-refractivity contribution is 8.00. The van der Waals surface area contributed by atoms with E-state index in [-0.39, 0.29) is 0 Å². The van der Waals surface area contributed by atoms with Crippen LogP contribution in [-0.4, -0.2) is 22.6 Å². The topological polar surface area (TPSA) is 61.0 Å². The standard InChI is InChI=1S/C11H13N3OS2/c12-9-3-1-4-10(7-9)15-5-2-6-16-11-14-13-8-17-11/h1,3-4,7-8H,2,5-6,12H2. The molecule has 1 aromatic heterocycles. The normalized spacial score (nSPS) is 10.4. The maximum atomic E-state index is 5.66. The van der Waals surface area contributed by atoms with E-state index < -0.39 is 0 Å². The van der Waals surface area contributed by atoms with Crippen LogP contribution in [0.5, 0.6) is 5.75 Å². The summed E-state index contributed by atoms with van der Waals surface area (Å²) < 4.78 is 6.59. The van der Waals surface area contributed by atoms with Crippen molar-refractivity contribution < 1.29 is 4.74 Å². The molecule has 1 aromatic carbocycles. The van der Waals surface area contributed by atoms with Crippen LogP contribution in [-0.2, 0) is 0 Å². The Morgan fingerprint density at radius 1 is 1.41 bits per heavy atom. The van der Waals surface area contributed by atoms with Crippen molar-refractivity contribution in [2.24, 2.45) is 0 Å². The van der Waals surface area contributed by atoms with Gasteiger partial charge < -0.3 is 10.5 Å². The summed E-state index contributed by atoms with van der Waals surface area (Å²) in [5.41, 5.74) is 8.12. The number of ether oxygens (including phenoxy) is 1. The molecule has 0 atom stereocenters. The van der Waals surface area contributed by atoms with Gasteiger partial charge in [-0.2, -0.15) is 0 Å². The minimum atomic E-state index is 0.690. The first-order valence-electron chi connectivity index (χ1n) is 5.22. The largest absolute Gasteiger partial charge is 0.493 e. The van der Waals surface area contributed by atoms with Crippen molar-refractivity contribution in [2.75, 3.05) is 18.1 Å². The lowest BCUT2D eigenvalue weighted by molar-refractivity contribution is 0.319. The number of benzene rings is 1. The molecule has 0 aliphatic carbocycles. The molecule has 2 aromatic rings. The number of anilines is 1. The van der Waals surface area contributed by atoms with Crippen molar-refractivity contribution in [3.8, 4) is 5.75 Å². The number of hydrogen-bond donors (Lipinski definition) is 1. The lowest BCUT2D eigenvalue weighted by Gasteiger charge is -2.05. The second-order valence-electron chi connectivity index (χ2n) is 3.33. The smallest absolute Gasteiger partial charge is 0.174 e. The van der Waals surface area contributed by atoms with E-state index in [0.29, 0.717) is 6.61 Å². The highest BCUT2D eigenvalue weighted by Gasteiger charge is 1.98. The molecule has 0 fully saturated rings. The Balaban J connectivity index is 1.63. The second kappa shape index (κ2) is 6.46. The van der Waals surface area contributed by atoms with E-state index in [0.717, 1.165) is 28.0 Å². The SMILES string of the molecule is Nc1cccc(OCCCSc2nncs2)c1. The maximum absolute atomic E-state index is 5.66. The van der Waals surface area contributed by atoms with Gasteiger partial charge >= 0.3 is 0 Å². The van der Waals surface area contributed by atoms with Crippen LogP contribution in [0, 0.1) is 0 Å². The number of nitrogens with two attached hydrogens (primary N) is 1. The molecule has 0 aliphatic rings. The molecule has 0 unspecified atom stereocenters. The fourth-order valence-electron chi connectivity index (χ4n) is 1.24. The Morgan fingerprint density at radius 3 is 3.12 bits per heavy atom. The van der Waals surface area contributed by atoms with Gasteiger partial charge in [0.1, 0.15) is 11.3 Å². The minimum Gasteiger partial charge on any atom is -0.493 e. The van der Waals surface area contributed by atoms with E-state index in [1.54, 1.807) is 28.6 Å². The molecular formula is C11H13N3OS2. The first-order valence-corrected chi connectivity index (χ1v) is 7.08. The van der Waals surface area contributed by atoms with Gasteiger partial charge in [-0.25, -0.2) is 0 Å². The molecule has 0 saturated carbocycles. The minimum absolute atomic E-state index is 0.690. The zero-order valence-corrected chi connectivity index (χ0v) is 10.8. The molecule has 1 heterocycles. The summed E-state index contributed by atoms with van der Waals surface area (Å²) in [5.74, 6) is 1.81. The van der Waals surface area contributed by atoms with Gasteiger partial charge in [-0.15, -0.1) is 10.2 Å². The van der Waals surface area contributed by atoms with Crippen molar-refractivity contribution in [3.63, 3.8) is 0 Å². The van der Waals surface area contributed by atoms with E-state index in [1.807, 2.05) is 24.3 Å². The van der Waals surface area contributed by atoms with Crippen molar-refractivity contribution in [1.29, 1.82) is 0 Å². The highest BCUT2D eigenvalue weighted by Crippen LogP contribution is 2.20. The third-order valence-corrected chi connectivity index (χ3v) is 3.93. The van der Waals surface area contributed by atoms with Crippen LogP contribution in [0.3, 0.4) is 0 Å². The van der Waals surface area contributed by atoms with E-state index in [1.165, 1.54) is 0 Å². The van der Waals surface area contributed by atoms with Crippen molar-refractivity contribution in [2.45, 2.75) is 10.8 Å². The third-order valence-electron chi connectivity index (χ3n) is 1.98. The molecule has 0 aliphatic heterocycles. The van der Waals surface area contributed by atoms with Gasteiger partial charge in [-0.05, 0) is 18.6 Å². The Labute approximate surface area is 108 Å². The molecule has 2 N–H and O–H groups in total. The molecule has 0 bridgehead atoms. The summed E-state index contributed by atoms with van der Waals surface area (Å²) >= 11 is 3.27. The van der Waals surface area contributed by atoms with Gasteiger partial charge in [0, 0.05) is 17.5 Å². The molecule has 4 nitrogen and oxygen atoms in total. The summed E-state index contributed by atoms with van der Waals surface area (Å²) in [6.45, 7) is 0.690. The van der Waals surface area contributed by atoms with Gasteiger partial charge in [0.15, 0.2) is 4.34 Å². The average Bonchev–Trinajstić information content (AvgIpc) is 2.82. The molecule has 0 saturated heterocycles. The van der Waals surface area contributed by atoms with E-state index in [9.17, 15) is 0 Å². The van der Waals surface area contributed by atoms with Crippen LogP contribution in [0.2, 0.25) is 0 Å². The predicted molar refractivity (Wildman–Crippen MR) is 71.6 cm³/mol. The number of hydrogen-bond acceptors (Lipinski definition) is 6. The van der Waals surface area contributed by atoms with Gasteiger partial charge in [0.25, 0.3) is 0 Å². The summed E-state index contributed by atoms with van der Waals surface area (Å²) in [7, 11) is 0. The molecule has 90 valence electrons. The molecule has 6 heteroatoms. The van der Waals surface area contributed by atoms with Crippen LogP contribution in [0.4, 0.5) is 5.69 Å². The number of aromatic nitrogens is 2. The Kier molecular flexibility index (Phi) is 4.63. The van der Waals surface area contributed by atoms with E-state index >= 15 is 0 Å². The number of nitrogens with zero attached hydrogens (tertiary/aromatic N) is 2. The fourth-order valence-corrected chi connectivity index (χ4v) is 2.71. The molecule has 0 spiro atoms. The van der Waals surface area contributed by atoms with Gasteiger partial charge in [0.2, 0.25) is 0 Å². The van der Waals surface area contributed by atoms with E-state index in [2.05, 4.69) is 10.2 Å².